The zero-order chi connectivity index (χ0) is 24.0. The van der Waals surface area contributed by atoms with E-state index in [-0.39, 0.29) is 24.9 Å². The largest absolute Gasteiger partial charge is 0.341 e. The monoisotopic (exact) mass is 453 g/mol. The van der Waals surface area contributed by atoms with Gasteiger partial charge in [-0.15, -0.1) is 13.2 Å². The molecule has 0 aliphatic carbocycles. The van der Waals surface area contributed by atoms with Crippen LogP contribution in [0.1, 0.15) is 12.8 Å². The molecule has 174 valence electrons. The Morgan fingerprint density at radius 2 is 1.39 bits per heavy atom. The van der Waals surface area contributed by atoms with Crippen LogP contribution in [-0.2, 0) is 29.2 Å². The Morgan fingerprint density at radius 3 is 1.91 bits per heavy atom. The Morgan fingerprint density at radius 1 is 0.879 bits per heavy atom. The maximum atomic E-state index is 12.9. The summed E-state index contributed by atoms with van der Waals surface area (Å²) >= 11 is 0. The second kappa shape index (κ2) is 10.6. The van der Waals surface area contributed by atoms with Gasteiger partial charge in [-0.3, -0.25) is 9.59 Å². The third-order valence-electron chi connectivity index (χ3n) is 5.56. The number of likely N-dealkylation sites (tertiary alicyclic amines) is 1. The lowest BCUT2D eigenvalue weighted by atomic mass is 9.95. The summed E-state index contributed by atoms with van der Waals surface area (Å²) in [5.41, 5.74) is -1.80. The van der Waals surface area contributed by atoms with Gasteiger partial charge in [-0.2, -0.15) is 0 Å². The van der Waals surface area contributed by atoms with Gasteiger partial charge >= 0.3 is 17.1 Å². The number of benzene rings is 1. The number of hydrogen-bond acceptors (Lipinski definition) is 5. The van der Waals surface area contributed by atoms with Crippen molar-refractivity contribution in [2.75, 3.05) is 18.4 Å². The van der Waals surface area contributed by atoms with Crippen molar-refractivity contribution in [3.8, 4) is 0 Å². The maximum Gasteiger partial charge on any atom is 0.337 e. The van der Waals surface area contributed by atoms with Gasteiger partial charge in [0.15, 0.2) is 0 Å². The summed E-state index contributed by atoms with van der Waals surface area (Å²) in [7, 11) is 0. The van der Waals surface area contributed by atoms with Crippen molar-refractivity contribution in [3.05, 3.63) is 87.1 Å². The molecule has 0 atom stereocenters. The number of piperidine rings is 1. The number of hydrogen-bond donors (Lipinski definition) is 1. The van der Waals surface area contributed by atoms with Crippen LogP contribution in [-0.4, -0.2) is 43.5 Å². The van der Waals surface area contributed by atoms with Crippen molar-refractivity contribution in [2.24, 2.45) is 5.92 Å². The SMILES string of the molecule is C=CCn1c(=O)n(CC=C)c(=O)n(CC(=O)N2CCC(C(=O)Nc3ccccc3)CC2)c1=O. The van der Waals surface area contributed by atoms with E-state index in [0.717, 1.165) is 13.7 Å². The van der Waals surface area contributed by atoms with E-state index in [2.05, 4.69) is 18.5 Å². The van der Waals surface area contributed by atoms with Crippen molar-refractivity contribution in [2.45, 2.75) is 32.5 Å². The first-order chi connectivity index (χ1) is 15.9. The Kier molecular flexibility index (Phi) is 7.60. The summed E-state index contributed by atoms with van der Waals surface area (Å²) in [4.78, 5) is 64.7. The van der Waals surface area contributed by atoms with E-state index in [0.29, 0.717) is 31.6 Å². The van der Waals surface area contributed by atoms with Gasteiger partial charge in [0.1, 0.15) is 6.54 Å². The van der Waals surface area contributed by atoms with Crippen LogP contribution in [0.3, 0.4) is 0 Å². The number of nitrogens with zero attached hydrogens (tertiary/aromatic N) is 4. The van der Waals surface area contributed by atoms with E-state index in [1.165, 1.54) is 17.1 Å². The van der Waals surface area contributed by atoms with Crippen LogP contribution in [0.5, 0.6) is 0 Å². The van der Waals surface area contributed by atoms with Crippen molar-refractivity contribution < 1.29 is 9.59 Å². The first-order valence-electron chi connectivity index (χ1n) is 10.7. The standard InChI is InChI=1S/C23H27N5O5/c1-3-12-26-21(31)27(13-4-2)23(33)28(22(26)32)16-19(29)25-14-10-17(11-15-25)20(30)24-18-8-6-5-7-9-18/h3-9,17H,1-2,10-16H2,(H,24,30). The molecule has 1 aromatic carbocycles. The third-order valence-corrected chi connectivity index (χ3v) is 5.56. The molecule has 2 amide bonds. The lowest BCUT2D eigenvalue weighted by Gasteiger charge is -2.31. The highest BCUT2D eigenvalue weighted by molar-refractivity contribution is 5.92. The smallest absolute Gasteiger partial charge is 0.337 e. The van der Waals surface area contributed by atoms with E-state index >= 15 is 0 Å². The average Bonchev–Trinajstić information content (AvgIpc) is 2.83. The van der Waals surface area contributed by atoms with Crippen LogP contribution < -0.4 is 22.4 Å². The topological polar surface area (TPSA) is 115 Å². The van der Waals surface area contributed by atoms with E-state index in [9.17, 15) is 24.0 Å². The molecule has 1 aliphatic rings. The molecule has 0 spiro atoms. The maximum absolute atomic E-state index is 12.9. The second-order valence-electron chi connectivity index (χ2n) is 7.74. The van der Waals surface area contributed by atoms with Crippen LogP contribution in [0.25, 0.3) is 0 Å². The number of carbonyl (C=O) groups is 2. The molecule has 0 saturated carbocycles. The summed E-state index contributed by atoms with van der Waals surface area (Å²) in [6.07, 6.45) is 3.66. The minimum Gasteiger partial charge on any atom is -0.341 e. The molecule has 1 saturated heterocycles. The Bertz CT molecular complexity index is 1170. The zero-order valence-electron chi connectivity index (χ0n) is 18.3. The highest BCUT2D eigenvalue weighted by Gasteiger charge is 2.28. The van der Waals surface area contributed by atoms with Gasteiger partial charge in [0, 0.05) is 24.7 Å². The van der Waals surface area contributed by atoms with Gasteiger partial charge in [0.2, 0.25) is 11.8 Å². The molecule has 10 nitrogen and oxygen atoms in total. The zero-order valence-corrected chi connectivity index (χ0v) is 18.3. The molecular formula is C23H27N5O5. The molecule has 0 radical (unpaired) electrons. The number of carbonyl (C=O) groups excluding carboxylic acids is 2. The van der Waals surface area contributed by atoms with Crippen molar-refractivity contribution in [1.82, 2.24) is 18.6 Å². The fourth-order valence-electron chi connectivity index (χ4n) is 3.78. The van der Waals surface area contributed by atoms with Gasteiger partial charge in [-0.1, -0.05) is 30.4 Å². The van der Waals surface area contributed by atoms with Crippen molar-refractivity contribution in [1.29, 1.82) is 0 Å². The van der Waals surface area contributed by atoms with E-state index in [1.54, 1.807) is 12.1 Å². The first-order valence-corrected chi connectivity index (χ1v) is 10.7. The van der Waals surface area contributed by atoms with Gasteiger partial charge in [0.25, 0.3) is 0 Å². The van der Waals surface area contributed by atoms with Gasteiger partial charge in [0.05, 0.1) is 13.1 Å². The van der Waals surface area contributed by atoms with Crippen LogP contribution in [0.2, 0.25) is 0 Å². The molecular weight excluding hydrogens is 426 g/mol. The highest BCUT2D eigenvalue weighted by atomic mass is 16.2. The minimum atomic E-state index is -0.865. The molecule has 2 aromatic rings. The molecule has 10 heteroatoms. The molecule has 1 fully saturated rings. The normalized spacial score (nSPS) is 14.0. The van der Waals surface area contributed by atoms with Gasteiger partial charge in [-0.25, -0.2) is 28.1 Å². The predicted octanol–water partition coefficient (Wildman–Crippen LogP) is 0.421. The van der Waals surface area contributed by atoms with Gasteiger partial charge in [-0.05, 0) is 25.0 Å². The molecule has 3 rings (SSSR count). The Labute approximate surface area is 190 Å². The molecule has 0 bridgehead atoms. The fourth-order valence-corrected chi connectivity index (χ4v) is 3.78. The second-order valence-corrected chi connectivity index (χ2v) is 7.74. The summed E-state index contributed by atoms with van der Waals surface area (Å²) in [5.74, 6) is -0.769. The predicted molar refractivity (Wildman–Crippen MR) is 124 cm³/mol. The molecule has 0 unspecified atom stereocenters. The summed E-state index contributed by atoms with van der Waals surface area (Å²) in [6.45, 7) is 7.03. The number of amides is 2. The minimum absolute atomic E-state index is 0.0921. The molecule has 1 aromatic heterocycles. The van der Waals surface area contributed by atoms with Crippen LogP contribution >= 0.6 is 0 Å². The van der Waals surface area contributed by atoms with Gasteiger partial charge < -0.3 is 10.2 Å². The quantitative estimate of drug-likeness (QED) is 0.582. The van der Waals surface area contributed by atoms with Crippen LogP contribution in [0.15, 0.2) is 70.0 Å². The lowest BCUT2D eigenvalue weighted by molar-refractivity contribution is -0.135. The summed E-state index contributed by atoms with van der Waals surface area (Å²) < 4.78 is 2.46. The number of aromatic nitrogens is 3. The molecule has 33 heavy (non-hydrogen) atoms. The molecule has 1 N–H and O–H groups in total. The first kappa shape index (κ1) is 23.7. The van der Waals surface area contributed by atoms with E-state index in [1.807, 2.05) is 18.2 Å². The molecule has 1 aliphatic heterocycles. The molecule has 2 heterocycles. The average molecular weight is 453 g/mol. The summed E-state index contributed by atoms with van der Waals surface area (Å²) in [5, 5.41) is 2.87. The number of para-hydroxylation sites is 1. The van der Waals surface area contributed by atoms with Crippen LogP contribution in [0.4, 0.5) is 5.69 Å². The van der Waals surface area contributed by atoms with E-state index < -0.39 is 29.5 Å². The Hall–Kier alpha value is -3.95. The van der Waals surface area contributed by atoms with E-state index in [4.69, 9.17) is 0 Å². The van der Waals surface area contributed by atoms with Crippen LogP contribution in [0, 0.1) is 5.92 Å². The lowest BCUT2D eigenvalue weighted by Crippen LogP contribution is -2.56. The number of allylic oxidation sites excluding steroid dienone is 2. The Balaban J connectivity index is 1.71. The number of rotatable bonds is 8. The number of nitrogens with one attached hydrogen (secondary N) is 1. The van der Waals surface area contributed by atoms with Crippen molar-refractivity contribution >= 4 is 17.5 Å². The van der Waals surface area contributed by atoms with Crippen molar-refractivity contribution in [3.63, 3.8) is 0 Å². The third kappa shape index (κ3) is 5.28. The number of anilines is 1. The summed E-state index contributed by atoms with van der Waals surface area (Å²) in [6, 6.07) is 9.14. The highest BCUT2D eigenvalue weighted by Crippen LogP contribution is 2.19. The fraction of sp³-hybridized carbons (Fsp3) is 0.348.